The number of carbonyl (C=O) groups is 1. The molecule has 156 valence electrons. The van der Waals surface area contributed by atoms with Crippen LogP contribution in [-0.2, 0) is 27.8 Å². The van der Waals surface area contributed by atoms with Gasteiger partial charge in [-0.15, -0.1) is 0 Å². The smallest absolute Gasteiger partial charge is 0.261 e. The van der Waals surface area contributed by atoms with E-state index in [9.17, 15) is 17.6 Å². The van der Waals surface area contributed by atoms with Gasteiger partial charge in [-0.2, -0.15) is 0 Å². The van der Waals surface area contributed by atoms with Crippen LogP contribution in [0.5, 0.6) is 0 Å². The van der Waals surface area contributed by atoms with Crippen molar-refractivity contribution in [2.45, 2.75) is 17.9 Å². The van der Waals surface area contributed by atoms with E-state index < -0.39 is 15.8 Å². The lowest BCUT2D eigenvalue weighted by molar-refractivity contribution is -0.129. The van der Waals surface area contributed by atoms with Crippen molar-refractivity contribution < 1.29 is 17.6 Å². The molecular weight excluding hydrogens is 427 g/mol. The number of carbonyl (C=O) groups excluding carboxylic acids is 1. The van der Waals surface area contributed by atoms with Crippen molar-refractivity contribution in [3.8, 4) is 0 Å². The molecule has 0 unspecified atom stereocenters. The normalized spacial score (nSPS) is 11.2. The standard InChI is InChI=1S/C22H20ClFN2O3S/c1-26(15-17-3-2-4-18(23)13-17)22(27)14-16-5-9-20(10-6-16)25-30(28,29)21-11-7-19(24)8-12-21/h2-13,25H,14-15H2,1H3. The molecule has 0 heterocycles. The maximum absolute atomic E-state index is 13.0. The number of nitrogens with zero attached hydrogens (tertiary/aromatic N) is 1. The molecule has 0 saturated heterocycles. The molecule has 0 saturated carbocycles. The predicted octanol–water partition coefficient (Wildman–Crippen LogP) is 4.48. The third-order valence-corrected chi connectivity index (χ3v) is 6.05. The molecule has 0 aliphatic rings. The quantitative estimate of drug-likeness (QED) is 0.581. The molecule has 1 amide bonds. The number of halogens is 2. The van der Waals surface area contributed by atoms with Gasteiger partial charge in [-0.3, -0.25) is 9.52 Å². The number of nitrogens with one attached hydrogen (secondary N) is 1. The highest BCUT2D eigenvalue weighted by Crippen LogP contribution is 2.18. The minimum Gasteiger partial charge on any atom is -0.341 e. The highest BCUT2D eigenvalue weighted by atomic mass is 35.5. The number of benzene rings is 3. The largest absolute Gasteiger partial charge is 0.341 e. The van der Waals surface area contributed by atoms with Gasteiger partial charge in [-0.05, 0) is 59.7 Å². The topological polar surface area (TPSA) is 66.5 Å². The molecule has 0 aliphatic carbocycles. The van der Waals surface area contributed by atoms with Crippen LogP contribution >= 0.6 is 11.6 Å². The summed E-state index contributed by atoms with van der Waals surface area (Å²) in [5.41, 5.74) is 2.04. The molecule has 0 bridgehead atoms. The van der Waals surface area contributed by atoms with Crippen molar-refractivity contribution in [2.75, 3.05) is 11.8 Å². The van der Waals surface area contributed by atoms with E-state index in [1.54, 1.807) is 42.3 Å². The Morgan fingerprint density at radius 3 is 2.30 bits per heavy atom. The van der Waals surface area contributed by atoms with E-state index in [0.29, 0.717) is 17.3 Å². The second kappa shape index (κ2) is 9.28. The predicted molar refractivity (Wildman–Crippen MR) is 115 cm³/mol. The molecule has 0 radical (unpaired) electrons. The maximum atomic E-state index is 13.0. The van der Waals surface area contributed by atoms with Crippen LogP contribution < -0.4 is 4.72 Å². The van der Waals surface area contributed by atoms with Gasteiger partial charge in [0.2, 0.25) is 5.91 Å². The number of sulfonamides is 1. The first kappa shape index (κ1) is 21.8. The molecule has 0 spiro atoms. The van der Waals surface area contributed by atoms with Crippen molar-refractivity contribution in [3.05, 3.63) is 94.8 Å². The minimum atomic E-state index is -3.82. The van der Waals surface area contributed by atoms with Crippen molar-refractivity contribution in [2.24, 2.45) is 0 Å². The maximum Gasteiger partial charge on any atom is 0.261 e. The Morgan fingerprint density at radius 2 is 1.67 bits per heavy atom. The van der Waals surface area contributed by atoms with Gasteiger partial charge in [-0.25, -0.2) is 12.8 Å². The first-order chi connectivity index (χ1) is 14.2. The van der Waals surface area contributed by atoms with Gasteiger partial charge < -0.3 is 4.90 Å². The Labute approximate surface area is 180 Å². The van der Waals surface area contributed by atoms with Crippen molar-refractivity contribution in [1.82, 2.24) is 4.90 Å². The average Bonchev–Trinajstić information content (AvgIpc) is 2.69. The lowest BCUT2D eigenvalue weighted by atomic mass is 10.1. The second-order valence-electron chi connectivity index (χ2n) is 6.81. The summed E-state index contributed by atoms with van der Waals surface area (Å²) < 4.78 is 40.1. The summed E-state index contributed by atoms with van der Waals surface area (Å²) in [4.78, 5) is 14.1. The summed E-state index contributed by atoms with van der Waals surface area (Å²) in [6, 6.07) is 18.4. The molecule has 0 aromatic heterocycles. The molecule has 1 N–H and O–H groups in total. The fourth-order valence-electron chi connectivity index (χ4n) is 2.83. The third kappa shape index (κ3) is 5.81. The molecule has 0 fully saturated rings. The zero-order valence-electron chi connectivity index (χ0n) is 16.2. The fraction of sp³-hybridized carbons (Fsp3) is 0.136. The van der Waals surface area contributed by atoms with E-state index in [1.165, 1.54) is 12.1 Å². The Morgan fingerprint density at radius 1 is 1.00 bits per heavy atom. The second-order valence-corrected chi connectivity index (χ2v) is 8.93. The summed E-state index contributed by atoms with van der Waals surface area (Å²) >= 11 is 5.98. The van der Waals surface area contributed by atoms with E-state index >= 15 is 0 Å². The van der Waals surface area contributed by atoms with Gasteiger partial charge >= 0.3 is 0 Å². The molecular formula is C22H20ClFN2O3S. The monoisotopic (exact) mass is 446 g/mol. The van der Waals surface area contributed by atoms with Gasteiger partial charge in [0.1, 0.15) is 5.82 Å². The van der Waals surface area contributed by atoms with E-state index in [2.05, 4.69) is 4.72 Å². The van der Waals surface area contributed by atoms with E-state index in [-0.39, 0.29) is 17.2 Å². The lowest BCUT2D eigenvalue weighted by Gasteiger charge is -2.17. The van der Waals surface area contributed by atoms with Gasteiger partial charge in [0.05, 0.1) is 11.3 Å². The molecule has 0 atom stereocenters. The van der Waals surface area contributed by atoms with Crippen LogP contribution in [0, 0.1) is 5.82 Å². The third-order valence-electron chi connectivity index (χ3n) is 4.42. The minimum absolute atomic E-state index is 0.0363. The van der Waals surface area contributed by atoms with Gasteiger partial charge in [0.15, 0.2) is 0 Å². The van der Waals surface area contributed by atoms with Crippen LogP contribution in [0.2, 0.25) is 5.02 Å². The fourth-order valence-corrected chi connectivity index (χ4v) is 4.10. The summed E-state index contributed by atoms with van der Waals surface area (Å²) in [5.74, 6) is -0.585. The number of amides is 1. The molecule has 3 aromatic rings. The number of likely N-dealkylation sites (N-methyl/N-ethyl adjacent to an activating group) is 1. The number of hydrogen-bond acceptors (Lipinski definition) is 3. The van der Waals surface area contributed by atoms with Crippen molar-refractivity contribution in [1.29, 1.82) is 0 Å². The SMILES string of the molecule is CN(Cc1cccc(Cl)c1)C(=O)Cc1ccc(NS(=O)(=O)c2ccc(F)cc2)cc1. The highest BCUT2D eigenvalue weighted by Gasteiger charge is 2.15. The lowest BCUT2D eigenvalue weighted by Crippen LogP contribution is -2.27. The van der Waals surface area contributed by atoms with Gasteiger partial charge in [0, 0.05) is 24.3 Å². The summed E-state index contributed by atoms with van der Waals surface area (Å²) in [6.07, 6.45) is 0.183. The van der Waals surface area contributed by atoms with Crippen LogP contribution in [0.25, 0.3) is 0 Å². The summed E-state index contributed by atoms with van der Waals surface area (Å²) in [7, 11) is -2.10. The van der Waals surface area contributed by atoms with Crippen LogP contribution in [0.1, 0.15) is 11.1 Å². The van der Waals surface area contributed by atoms with Crippen LogP contribution in [0.3, 0.4) is 0 Å². The first-order valence-electron chi connectivity index (χ1n) is 9.09. The van der Waals surface area contributed by atoms with Crippen molar-refractivity contribution in [3.63, 3.8) is 0 Å². The van der Waals surface area contributed by atoms with E-state index in [4.69, 9.17) is 11.6 Å². The molecule has 5 nitrogen and oxygen atoms in total. The summed E-state index contributed by atoms with van der Waals surface area (Å²) in [6.45, 7) is 0.439. The van der Waals surface area contributed by atoms with Crippen LogP contribution in [0.4, 0.5) is 10.1 Å². The molecule has 8 heteroatoms. The van der Waals surface area contributed by atoms with Crippen LogP contribution in [-0.4, -0.2) is 26.3 Å². The Bertz CT molecular complexity index is 1130. The van der Waals surface area contributed by atoms with E-state index in [0.717, 1.165) is 23.3 Å². The van der Waals surface area contributed by atoms with E-state index in [1.807, 2.05) is 18.2 Å². The molecule has 3 aromatic carbocycles. The van der Waals surface area contributed by atoms with Gasteiger partial charge in [0.25, 0.3) is 10.0 Å². The van der Waals surface area contributed by atoms with Crippen LogP contribution in [0.15, 0.2) is 77.7 Å². The Hall–Kier alpha value is -2.90. The van der Waals surface area contributed by atoms with Gasteiger partial charge in [-0.1, -0.05) is 35.9 Å². The number of hydrogen-bond donors (Lipinski definition) is 1. The van der Waals surface area contributed by atoms with Crippen molar-refractivity contribution >= 4 is 33.2 Å². The number of rotatable bonds is 7. The average molecular weight is 447 g/mol. The zero-order chi connectivity index (χ0) is 21.7. The molecule has 3 rings (SSSR count). The first-order valence-corrected chi connectivity index (χ1v) is 10.9. The summed E-state index contributed by atoms with van der Waals surface area (Å²) in [5, 5.41) is 0.618. The molecule has 0 aliphatic heterocycles. The molecule has 30 heavy (non-hydrogen) atoms. The Balaban J connectivity index is 1.61. The highest BCUT2D eigenvalue weighted by molar-refractivity contribution is 7.92. The zero-order valence-corrected chi connectivity index (χ0v) is 17.8. The number of anilines is 1. The Kier molecular flexibility index (Phi) is 6.74.